The summed E-state index contributed by atoms with van der Waals surface area (Å²) in [6.07, 6.45) is 1.79. The van der Waals surface area contributed by atoms with E-state index in [4.69, 9.17) is 11.6 Å². The maximum atomic E-state index is 6.19. The Morgan fingerprint density at radius 3 is 2.95 bits per heavy atom. The highest BCUT2D eigenvalue weighted by Crippen LogP contribution is 2.26. The fourth-order valence-electron chi connectivity index (χ4n) is 2.58. The van der Waals surface area contributed by atoms with Crippen molar-refractivity contribution in [3.8, 4) is 0 Å². The number of nitrogens with zero attached hydrogens (tertiary/aromatic N) is 2. The second-order valence-corrected chi connectivity index (χ2v) is 5.38. The van der Waals surface area contributed by atoms with E-state index in [2.05, 4.69) is 33.5 Å². The summed E-state index contributed by atoms with van der Waals surface area (Å²) in [7, 11) is 0. The van der Waals surface area contributed by atoms with Crippen molar-refractivity contribution >= 4 is 33.9 Å². The van der Waals surface area contributed by atoms with Crippen LogP contribution in [0.4, 0.5) is 5.69 Å². The van der Waals surface area contributed by atoms with Crippen molar-refractivity contribution in [3.05, 3.63) is 71.0 Å². The van der Waals surface area contributed by atoms with Crippen LogP contribution in [0.25, 0.3) is 10.8 Å². The molecule has 4 rings (SSSR count). The van der Waals surface area contributed by atoms with Gasteiger partial charge < -0.3 is 5.32 Å². The zero-order valence-corrected chi connectivity index (χ0v) is 11.9. The Bertz CT molecular complexity index is 871. The topological polar surface area (TPSA) is 37.3 Å². The number of amidine groups is 1. The van der Waals surface area contributed by atoms with E-state index in [9.17, 15) is 0 Å². The molecule has 0 aliphatic carbocycles. The molecule has 1 aromatic heterocycles. The molecule has 0 saturated carbocycles. The van der Waals surface area contributed by atoms with E-state index in [0.29, 0.717) is 6.54 Å². The number of anilines is 1. The molecule has 2 heterocycles. The van der Waals surface area contributed by atoms with Gasteiger partial charge in [0.2, 0.25) is 0 Å². The molecule has 0 spiro atoms. The molecule has 1 aliphatic heterocycles. The number of halogens is 1. The van der Waals surface area contributed by atoms with Gasteiger partial charge in [-0.3, -0.25) is 9.98 Å². The Labute approximate surface area is 127 Å². The van der Waals surface area contributed by atoms with Crippen molar-refractivity contribution in [2.45, 2.75) is 6.54 Å². The van der Waals surface area contributed by atoms with E-state index >= 15 is 0 Å². The van der Waals surface area contributed by atoms with Crippen LogP contribution in [0.3, 0.4) is 0 Å². The molecule has 0 unspecified atom stereocenters. The highest BCUT2D eigenvalue weighted by atomic mass is 35.5. The minimum atomic E-state index is 0.685. The molecule has 102 valence electrons. The molecule has 3 nitrogen and oxygen atoms in total. The summed E-state index contributed by atoms with van der Waals surface area (Å²) in [4.78, 5) is 8.91. The lowest BCUT2D eigenvalue weighted by molar-refractivity contribution is 1.09. The minimum absolute atomic E-state index is 0.685. The van der Waals surface area contributed by atoms with Gasteiger partial charge in [-0.15, -0.1) is 0 Å². The maximum absolute atomic E-state index is 6.19. The summed E-state index contributed by atoms with van der Waals surface area (Å²) in [5, 5.41) is 6.28. The normalized spacial score (nSPS) is 13.1. The zero-order valence-electron chi connectivity index (χ0n) is 11.2. The Morgan fingerprint density at radius 2 is 2.00 bits per heavy atom. The fourth-order valence-corrected chi connectivity index (χ4v) is 2.82. The van der Waals surface area contributed by atoms with Crippen molar-refractivity contribution in [1.82, 2.24) is 4.98 Å². The van der Waals surface area contributed by atoms with Crippen LogP contribution >= 0.6 is 11.6 Å². The number of rotatable bonds is 1. The van der Waals surface area contributed by atoms with Gasteiger partial charge in [0.15, 0.2) is 5.84 Å². The number of pyridine rings is 1. The third-order valence-electron chi connectivity index (χ3n) is 3.61. The SMILES string of the molecule is Clc1cccc2cc(NC3=NCc4cccnc43)ccc12. The Kier molecular flexibility index (Phi) is 2.86. The number of nitrogens with one attached hydrogen (secondary N) is 1. The van der Waals surface area contributed by atoms with Gasteiger partial charge in [-0.25, -0.2) is 0 Å². The minimum Gasteiger partial charge on any atom is -0.339 e. The molecule has 2 aromatic carbocycles. The summed E-state index contributed by atoms with van der Waals surface area (Å²) in [6.45, 7) is 0.685. The molecular weight excluding hydrogens is 282 g/mol. The second-order valence-electron chi connectivity index (χ2n) is 4.98. The first-order valence-corrected chi connectivity index (χ1v) is 7.13. The molecule has 0 bridgehead atoms. The summed E-state index contributed by atoms with van der Waals surface area (Å²) in [5.74, 6) is 0.826. The van der Waals surface area contributed by atoms with Gasteiger partial charge in [0.05, 0.1) is 6.54 Å². The predicted octanol–water partition coefficient (Wildman–Crippen LogP) is 4.26. The quantitative estimate of drug-likeness (QED) is 0.728. The molecule has 0 atom stereocenters. The van der Waals surface area contributed by atoms with Crippen LogP contribution in [0.1, 0.15) is 11.3 Å². The number of aliphatic imine (C=N–C) groups is 1. The maximum Gasteiger partial charge on any atom is 0.152 e. The molecule has 3 aromatic rings. The van der Waals surface area contributed by atoms with Crippen molar-refractivity contribution in [1.29, 1.82) is 0 Å². The Morgan fingerprint density at radius 1 is 1.05 bits per heavy atom. The number of benzene rings is 2. The molecule has 1 N–H and O–H groups in total. The number of hydrogen-bond donors (Lipinski definition) is 1. The fraction of sp³-hybridized carbons (Fsp3) is 0.0588. The van der Waals surface area contributed by atoms with Crippen LogP contribution in [0.5, 0.6) is 0 Å². The highest BCUT2D eigenvalue weighted by Gasteiger charge is 2.16. The number of hydrogen-bond acceptors (Lipinski definition) is 3. The standard InChI is InChI=1S/C17H12ClN3/c18-15-5-1-3-11-9-13(6-7-14(11)15)21-17-16-12(10-20-17)4-2-8-19-16/h1-9H,10H2,(H,20,21). The van der Waals surface area contributed by atoms with Crippen LogP contribution in [0.2, 0.25) is 5.02 Å². The number of fused-ring (bicyclic) bond motifs is 2. The van der Waals surface area contributed by atoms with Crippen LogP contribution in [-0.4, -0.2) is 10.8 Å². The molecule has 0 radical (unpaired) electrons. The highest BCUT2D eigenvalue weighted by molar-refractivity contribution is 6.35. The van der Waals surface area contributed by atoms with E-state index in [1.807, 2.05) is 30.3 Å². The Hall–Kier alpha value is -2.39. The van der Waals surface area contributed by atoms with Crippen molar-refractivity contribution in [2.24, 2.45) is 4.99 Å². The average molecular weight is 294 g/mol. The van der Waals surface area contributed by atoms with E-state index in [1.165, 1.54) is 0 Å². The summed E-state index contributed by atoms with van der Waals surface area (Å²) in [6, 6.07) is 16.0. The van der Waals surface area contributed by atoms with E-state index in [0.717, 1.165) is 38.6 Å². The predicted molar refractivity (Wildman–Crippen MR) is 87.1 cm³/mol. The zero-order chi connectivity index (χ0) is 14.2. The molecule has 0 amide bonds. The van der Waals surface area contributed by atoms with Gasteiger partial charge in [0, 0.05) is 27.9 Å². The van der Waals surface area contributed by atoms with E-state index in [1.54, 1.807) is 6.20 Å². The summed E-state index contributed by atoms with van der Waals surface area (Å²) < 4.78 is 0. The van der Waals surface area contributed by atoms with Gasteiger partial charge in [0.25, 0.3) is 0 Å². The van der Waals surface area contributed by atoms with Crippen LogP contribution in [-0.2, 0) is 6.54 Å². The molecule has 4 heteroatoms. The summed E-state index contributed by atoms with van der Waals surface area (Å²) >= 11 is 6.19. The summed E-state index contributed by atoms with van der Waals surface area (Å²) in [5.41, 5.74) is 3.08. The molecular formula is C17H12ClN3. The van der Waals surface area contributed by atoms with E-state index < -0.39 is 0 Å². The van der Waals surface area contributed by atoms with Crippen molar-refractivity contribution < 1.29 is 0 Å². The van der Waals surface area contributed by atoms with Gasteiger partial charge in [-0.05, 0) is 29.7 Å². The van der Waals surface area contributed by atoms with Crippen LogP contribution < -0.4 is 5.32 Å². The molecule has 0 saturated heterocycles. The Balaban J connectivity index is 1.70. The van der Waals surface area contributed by atoms with Crippen molar-refractivity contribution in [2.75, 3.05) is 5.32 Å². The van der Waals surface area contributed by atoms with Gasteiger partial charge in [-0.2, -0.15) is 0 Å². The molecule has 21 heavy (non-hydrogen) atoms. The van der Waals surface area contributed by atoms with Gasteiger partial charge in [-0.1, -0.05) is 35.9 Å². The first kappa shape index (κ1) is 12.4. The smallest absolute Gasteiger partial charge is 0.152 e. The monoisotopic (exact) mass is 293 g/mol. The first-order chi connectivity index (χ1) is 10.3. The van der Waals surface area contributed by atoms with Crippen molar-refractivity contribution in [3.63, 3.8) is 0 Å². The third kappa shape index (κ3) is 2.16. The average Bonchev–Trinajstić information content (AvgIpc) is 2.91. The first-order valence-electron chi connectivity index (χ1n) is 6.75. The largest absolute Gasteiger partial charge is 0.339 e. The van der Waals surface area contributed by atoms with E-state index in [-0.39, 0.29) is 0 Å². The number of aromatic nitrogens is 1. The molecule has 0 fully saturated rings. The van der Waals surface area contributed by atoms with Crippen LogP contribution in [0, 0.1) is 0 Å². The van der Waals surface area contributed by atoms with Gasteiger partial charge >= 0.3 is 0 Å². The lowest BCUT2D eigenvalue weighted by Crippen LogP contribution is -2.13. The lowest BCUT2D eigenvalue weighted by atomic mass is 10.1. The second kappa shape index (κ2) is 4.86. The molecule has 1 aliphatic rings. The third-order valence-corrected chi connectivity index (χ3v) is 3.94. The van der Waals surface area contributed by atoms with Crippen LogP contribution in [0.15, 0.2) is 59.7 Å². The van der Waals surface area contributed by atoms with Gasteiger partial charge in [0.1, 0.15) is 5.69 Å². The lowest BCUT2D eigenvalue weighted by Gasteiger charge is -2.08.